The first-order chi connectivity index (χ1) is 8.63. The lowest BCUT2D eigenvalue weighted by Crippen LogP contribution is -2.31. The molecule has 1 aliphatic rings. The van der Waals surface area contributed by atoms with Gasteiger partial charge >= 0.3 is 0 Å². The molecule has 0 radical (unpaired) electrons. The molecular formula is C13H22N2OS2. The fourth-order valence-electron chi connectivity index (χ4n) is 2.16. The van der Waals surface area contributed by atoms with Crippen LogP contribution in [0.25, 0.3) is 0 Å². The Labute approximate surface area is 118 Å². The van der Waals surface area contributed by atoms with Gasteiger partial charge in [-0.3, -0.25) is 0 Å². The predicted octanol–water partition coefficient (Wildman–Crippen LogP) is 2.95. The number of hydrogen-bond donors (Lipinski definition) is 1. The van der Waals surface area contributed by atoms with Gasteiger partial charge < -0.3 is 9.67 Å². The second kappa shape index (κ2) is 6.35. The Bertz CT molecular complexity index is 383. The van der Waals surface area contributed by atoms with Gasteiger partial charge in [0, 0.05) is 40.4 Å². The molecule has 0 spiro atoms. The highest BCUT2D eigenvalue weighted by atomic mass is 32.2. The van der Waals surface area contributed by atoms with E-state index in [4.69, 9.17) is 0 Å². The molecule has 1 aliphatic heterocycles. The first-order valence-corrected chi connectivity index (χ1v) is 8.58. The highest BCUT2D eigenvalue weighted by Crippen LogP contribution is 2.40. The largest absolute Gasteiger partial charge is 0.384 e. The van der Waals surface area contributed by atoms with E-state index in [2.05, 4.69) is 30.3 Å². The number of thioether (sulfide) groups is 2. The zero-order valence-corrected chi connectivity index (χ0v) is 12.9. The number of aryl methyl sites for hydroxylation is 1. The van der Waals surface area contributed by atoms with Crippen molar-refractivity contribution < 1.29 is 5.11 Å². The molecule has 2 rings (SSSR count). The van der Waals surface area contributed by atoms with Crippen molar-refractivity contribution in [2.45, 2.75) is 55.6 Å². The van der Waals surface area contributed by atoms with E-state index in [0.29, 0.717) is 10.5 Å². The average molecular weight is 286 g/mol. The van der Waals surface area contributed by atoms with Crippen LogP contribution in [0.4, 0.5) is 0 Å². The molecule has 1 saturated heterocycles. The van der Waals surface area contributed by atoms with Crippen molar-refractivity contribution in [2.24, 2.45) is 0 Å². The predicted molar refractivity (Wildman–Crippen MR) is 80.2 cm³/mol. The lowest BCUT2D eigenvalue weighted by molar-refractivity contribution is 0.165. The second-order valence-electron chi connectivity index (χ2n) is 4.84. The molecule has 0 aromatic carbocycles. The van der Waals surface area contributed by atoms with Crippen LogP contribution < -0.4 is 0 Å². The van der Waals surface area contributed by atoms with Crippen molar-refractivity contribution in [2.75, 3.05) is 5.75 Å². The molecule has 102 valence electrons. The minimum Gasteiger partial charge on any atom is -0.384 e. The van der Waals surface area contributed by atoms with E-state index in [1.807, 2.05) is 29.7 Å². The van der Waals surface area contributed by atoms with Crippen molar-refractivity contribution in [3.63, 3.8) is 0 Å². The lowest BCUT2D eigenvalue weighted by atomic mass is 10.2. The summed E-state index contributed by atoms with van der Waals surface area (Å²) >= 11 is 3.86. The van der Waals surface area contributed by atoms with Crippen molar-refractivity contribution >= 4 is 23.5 Å². The topological polar surface area (TPSA) is 38.0 Å². The fourth-order valence-corrected chi connectivity index (χ4v) is 5.12. The van der Waals surface area contributed by atoms with Crippen molar-refractivity contribution in [3.8, 4) is 0 Å². The zero-order valence-electron chi connectivity index (χ0n) is 11.2. The number of imidazole rings is 1. The van der Waals surface area contributed by atoms with E-state index in [-0.39, 0.29) is 5.25 Å². The molecule has 3 nitrogen and oxygen atoms in total. The van der Waals surface area contributed by atoms with Crippen molar-refractivity contribution in [3.05, 3.63) is 18.2 Å². The Hall–Kier alpha value is -0.130. The average Bonchev–Trinajstić information content (AvgIpc) is 2.80. The van der Waals surface area contributed by atoms with E-state index in [1.54, 1.807) is 6.20 Å². The maximum atomic E-state index is 10.5. The van der Waals surface area contributed by atoms with Gasteiger partial charge in [-0.2, -0.15) is 23.5 Å². The third kappa shape index (κ3) is 3.06. The van der Waals surface area contributed by atoms with Crippen LogP contribution in [0.2, 0.25) is 0 Å². The SMILES string of the molecule is CCCn1ccnc1C(O)C1CSC(C)C(C)S1. The summed E-state index contributed by atoms with van der Waals surface area (Å²) in [6, 6.07) is 0. The summed E-state index contributed by atoms with van der Waals surface area (Å²) in [4.78, 5) is 4.34. The smallest absolute Gasteiger partial charge is 0.138 e. The van der Waals surface area contributed by atoms with Crippen LogP contribution in [-0.2, 0) is 6.54 Å². The monoisotopic (exact) mass is 286 g/mol. The standard InChI is InChI=1S/C13H22N2OS2/c1-4-6-15-7-5-14-13(15)12(16)11-8-17-9(2)10(3)18-11/h5,7,9-12,16H,4,6,8H2,1-3H3. The maximum absolute atomic E-state index is 10.5. The number of aliphatic hydroxyl groups is 1. The van der Waals surface area contributed by atoms with Gasteiger partial charge in [-0.25, -0.2) is 4.98 Å². The van der Waals surface area contributed by atoms with Gasteiger partial charge in [0.2, 0.25) is 0 Å². The lowest BCUT2D eigenvalue weighted by Gasteiger charge is -2.33. The Morgan fingerprint density at radius 1 is 1.50 bits per heavy atom. The van der Waals surface area contributed by atoms with Crippen LogP contribution >= 0.6 is 23.5 Å². The van der Waals surface area contributed by atoms with Gasteiger partial charge in [0.05, 0.1) is 0 Å². The number of hydrogen-bond acceptors (Lipinski definition) is 4. The third-order valence-corrected chi connectivity index (χ3v) is 6.88. The summed E-state index contributed by atoms with van der Waals surface area (Å²) < 4.78 is 2.08. The van der Waals surface area contributed by atoms with Crippen LogP contribution in [-0.4, -0.2) is 36.2 Å². The Morgan fingerprint density at radius 2 is 2.28 bits per heavy atom. The Kier molecular flexibility index (Phi) is 5.04. The second-order valence-corrected chi connectivity index (χ2v) is 7.87. The van der Waals surface area contributed by atoms with Gasteiger partial charge in [-0.05, 0) is 6.42 Å². The summed E-state index contributed by atoms with van der Waals surface area (Å²) in [6.45, 7) is 7.59. The maximum Gasteiger partial charge on any atom is 0.138 e. The van der Waals surface area contributed by atoms with Gasteiger partial charge in [-0.15, -0.1) is 0 Å². The molecule has 0 bridgehead atoms. The third-order valence-electron chi connectivity index (χ3n) is 3.40. The van der Waals surface area contributed by atoms with E-state index in [1.165, 1.54) is 0 Å². The van der Waals surface area contributed by atoms with Crippen LogP contribution in [0.1, 0.15) is 39.1 Å². The van der Waals surface area contributed by atoms with Crippen molar-refractivity contribution in [1.29, 1.82) is 0 Å². The number of aliphatic hydroxyl groups excluding tert-OH is 1. The first kappa shape index (κ1) is 14.3. The molecule has 0 saturated carbocycles. The normalized spacial score (nSPS) is 30.3. The number of rotatable bonds is 4. The van der Waals surface area contributed by atoms with Gasteiger partial charge in [0.1, 0.15) is 11.9 Å². The zero-order chi connectivity index (χ0) is 13.1. The van der Waals surface area contributed by atoms with E-state index >= 15 is 0 Å². The summed E-state index contributed by atoms with van der Waals surface area (Å²) in [5, 5.41) is 12.1. The summed E-state index contributed by atoms with van der Waals surface area (Å²) in [6.07, 6.45) is 4.38. The highest BCUT2D eigenvalue weighted by Gasteiger charge is 2.32. The van der Waals surface area contributed by atoms with Gasteiger partial charge in [0.25, 0.3) is 0 Å². The molecule has 18 heavy (non-hydrogen) atoms. The van der Waals surface area contributed by atoms with Gasteiger partial charge in [-0.1, -0.05) is 20.8 Å². The molecule has 1 aromatic rings. The first-order valence-electron chi connectivity index (χ1n) is 6.59. The highest BCUT2D eigenvalue weighted by molar-refractivity contribution is 8.07. The molecular weight excluding hydrogens is 264 g/mol. The number of aromatic nitrogens is 2. The van der Waals surface area contributed by atoms with E-state index < -0.39 is 6.10 Å². The van der Waals surface area contributed by atoms with Crippen LogP contribution in [0, 0.1) is 0 Å². The summed E-state index contributed by atoms with van der Waals surface area (Å²) in [5.74, 6) is 1.84. The van der Waals surface area contributed by atoms with Crippen LogP contribution in [0.15, 0.2) is 12.4 Å². The Balaban J connectivity index is 2.06. The molecule has 4 unspecified atom stereocenters. The molecule has 5 heteroatoms. The van der Waals surface area contributed by atoms with Crippen LogP contribution in [0.3, 0.4) is 0 Å². The van der Waals surface area contributed by atoms with E-state index in [9.17, 15) is 5.11 Å². The van der Waals surface area contributed by atoms with E-state index in [0.717, 1.165) is 24.5 Å². The summed E-state index contributed by atoms with van der Waals surface area (Å²) in [7, 11) is 0. The number of nitrogens with zero attached hydrogens (tertiary/aromatic N) is 2. The molecule has 4 atom stereocenters. The molecule has 0 amide bonds. The van der Waals surface area contributed by atoms with Gasteiger partial charge in [0.15, 0.2) is 0 Å². The fraction of sp³-hybridized carbons (Fsp3) is 0.769. The minimum atomic E-state index is -0.445. The molecule has 1 fully saturated rings. The minimum absolute atomic E-state index is 0.263. The van der Waals surface area contributed by atoms with Crippen molar-refractivity contribution in [1.82, 2.24) is 9.55 Å². The summed E-state index contributed by atoms with van der Waals surface area (Å²) in [5.41, 5.74) is 0. The Morgan fingerprint density at radius 3 is 2.94 bits per heavy atom. The molecule has 1 N–H and O–H groups in total. The molecule has 2 heterocycles. The van der Waals surface area contributed by atoms with Crippen LogP contribution in [0.5, 0.6) is 0 Å². The quantitative estimate of drug-likeness (QED) is 0.923. The molecule has 1 aromatic heterocycles. The molecule has 0 aliphatic carbocycles.